The molecule has 1 amide bonds. The molecular weight excluding hydrogens is 624 g/mol. The fourth-order valence-corrected chi connectivity index (χ4v) is 7.98. The van der Waals surface area contributed by atoms with Crippen molar-refractivity contribution in [2.45, 2.75) is 64.7 Å². The van der Waals surface area contributed by atoms with Crippen molar-refractivity contribution in [3.8, 4) is 15.8 Å². The molecule has 1 aliphatic rings. The first-order chi connectivity index (χ1) is 17.5. The second-order valence-electron chi connectivity index (χ2n) is 9.29. The predicted octanol–water partition coefficient (Wildman–Crippen LogP) is 8.57. The Balaban J connectivity index is 1.65. The van der Waals surface area contributed by atoms with Gasteiger partial charge in [0.05, 0.1) is 0 Å². The minimum absolute atomic E-state index is 0.0955. The SMILES string of the molecule is CCCCCCNC(=O)c1nn(-c2ccc(Cl)cc2Cl)c(-c2ccc(/C=C/C3CCCCC3)[se]2)c1Br. The van der Waals surface area contributed by atoms with E-state index in [-0.39, 0.29) is 20.4 Å². The Bertz CT molecular complexity index is 1210. The minimum atomic E-state index is -0.181. The number of rotatable bonds is 10. The molecule has 0 spiro atoms. The predicted molar refractivity (Wildman–Crippen MR) is 156 cm³/mol. The van der Waals surface area contributed by atoms with E-state index in [2.05, 4.69) is 52.5 Å². The van der Waals surface area contributed by atoms with Crippen LogP contribution in [0.2, 0.25) is 10.0 Å². The molecule has 4 rings (SSSR count). The Kier molecular flexibility index (Phi) is 10.4. The quantitative estimate of drug-likeness (QED) is 0.176. The maximum atomic E-state index is 13.1. The van der Waals surface area contributed by atoms with Crippen molar-refractivity contribution in [1.82, 2.24) is 15.1 Å². The molecule has 1 aromatic carbocycles. The van der Waals surface area contributed by atoms with Crippen LogP contribution in [0, 0.1) is 5.92 Å². The molecule has 0 atom stereocenters. The molecule has 4 nitrogen and oxygen atoms in total. The van der Waals surface area contributed by atoms with Crippen LogP contribution in [0.25, 0.3) is 21.9 Å². The van der Waals surface area contributed by atoms with Gasteiger partial charge >= 0.3 is 240 Å². The molecule has 192 valence electrons. The van der Waals surface area contributed by atoms with Crippen LogP contribution in [0.15, 0.2) is 40.9 Å². The zero-order valence-corrected chi connectivity index (χ0v) is 25.3. The molecule has 1 fully saturated rings. The van der Waals surface area contributed by atoms with Crippen molar-refractivity contribution < 1.29 is 4.79 Å². The number of hydrogen-bond acceptors (Lipinski definition) is 2. The summed E-state index contributed by atoms with van der Waals surface area (Å²) in [5.74, 6) is 0.511. The molecule has 0 saturated heterocycles. The Hall–Kier alpha value is -1.30. The van der Waals surface area contributed by atoms with E-state index in [0.717, 1.165) is 29.4 Å². The summed E-state index contributed by atoms with van der Waals surface area (Å²) >= 11 is 16.6. The fourth-order valence-electron chi connectivity index (χ4n) is 4.55. The third kappa shape index (κ3) is 6.96. The number of aromatic nitrogens is 2. The summed E-state index contributed by atoms with van der Waals surface area (Å²) in [6.07, 6.45) is 15.7. The Morgan fingerprint density at radius 2 is 1.97 bits per heavy atom. The monoisotopic (exact) mass is 655 g/mol. The normalized spacial score (nSPS) is 14.6. The van der Waals surface area contributed by atoms with Crippen LogP contribution in [0.3, 0.4) is 0 Å². The summed E-state index contributed by atoms with van der Waals surface area (Å²) in [5.41, 5.74) is 1.93. The van der Waals surface area contributed by atoms with E-state index >= 15 is 0 Å². The Morgan fingerprint density at radius 3 is 2.72 bits per heavy atom. The first-order valence-electron chi connectivity index (χ1n) is 12.8. The summed E-state index contributed by atoms with van der Waals surface area (Å²) in [6, 6.07) is 9.68. The van der Waals surface area contributed by atoms with Crippen LogP contribution in [0.4, 0.5) is 0 Å². The van der Waals surface area contributed by atoms with Gasteiger partial charge in [-0.15, -0.1) is 0 Å². The van der Waals surface area contributed by atoms with Gasteiger partial charge in [0.25, 0.3) is 0 Å². The van der Waals surface area contributed by atoms with Crippen LogP contribution in [0.1, 0.15) is 79.6 Å². The summed E-state index contributed by atoms with van der Waals surface area (Å²) in [7, 11) is 0. The number of allylic oxidation sites excluding steroid dienone is 1. The number of nitrogens with one attached hydrogen (secondary N) is 1. The Morgan fingerprint density at radius 1 is 1.17 bits per heavy atom. The van der Waals surface area contributed by atoms with Gasteiger partial charge in [-0.05, 0) is 0 Å². The number of benzene rings is 1. The molecule has 2 heterocycles. The summed E-state index contributed by atoms with van der Waals surface area (Å²) in [4.78, 5) is 13.1. The van der Waals surface area contributed by atoms with E-state index in [1.165, 1.54) is 43.0 Å². The van der Waals surface area contributed by atoms with Crippen molar-refractivity contribution >= 4 is 65.6 Å². The van der Waals surface area contributed by atoms with Crippen LogP contribution in [0.5, 0.6) is 0 Å². The molecule has 1 N–H and O–H groups in total. The standard InChI is InChI=1S/C28H32BrCl2N3OSe/c1-2-3-4-8-17-32-28(35)26-25(29)27(34(33-26)23-15-12-20(30)18-22(23)31)24-16-14-21(36-24)13-11-19-9-6-5-7-10-19/h11-16,18-19H,2-10,17H2,1H3,(H,32,35)/b13-11+. The zero-order chi connectivity index (χ0) is 25.5. The number of halogens is 3. The van der Waals surface area contributed by atoms with Gasteiger partial charge in [-0.25, -0.2) is 0 Å². The molecule has 0 aliphatic heterocycles. The van der Waals surface area contributed by atoms with Gasteiger partial charge < -0.3 is 0 Å². The molecule has 3 aromatic rings. The Labute approximate surface area is 238 Å². The molecule has 8 heteroatoms. The van der Waals surface area contributed by atoms with Gasteiger partial charge in [-0.3, -0.25) is 0 Å². The van der Waals surface area contributed by atoms with Gasteiger partial charge in [0.2, 0.25) is 0 Å². The third-order valence-electron chi connectivity index (χ3n) is 6.54. The first kappa shape index (κ1) is 27.7. The summed E-state index contributed by atoms with van der Waals surface area (Å²) in [6.45, 7) is 2.82. The van der Waals surface area contributed by atoms with Gasteiger partial charge in [-0.1, -0.05) is 0 Å². The van der Waals surface area contributed by atoms with Gasteiger partial charge in [-0.2, -0.15) is 0 Å². The van der Waals surface area contributed by atoms with Crippen LogP contribution < -0.4 is 5.32 Å². The number of carbonyl (C=O) groups is 1. The van der Waals surface area contributed by atoms with E-state index in [0.29, 0.717) is 38.4 Å². The molecule has 0 bridgehead atoms. The van der Waals surface area contributed by atoms with Gasteiger partial charge in [0.15, 0.2) is 0 Å². The van der Waals surface area contributed by atoms with Gasteiger partial charge in [0.1, 0.15) is 0 Å². The fraction of sp³-hybridized carbons (Fsp3) is 0.429. The number of hydrogen-bond donors (Lipinski definition) is 1. The molecule has 2 aromatic heterocycles. The van der Waals surface area contributed by atoms with Crippen molar-refractivity contribution in [3.63, 3.8) is 0 Å². The molecule has 36 heavy (non-hydrogen) atoms. The van der Waals surface area contributed by atoms with E-state index in [1.807, 2.05) is 6.07 Å². The number of carbonyl (C=O) groups excluding carboxylic acids is 1. The number of nitrogens with zero attached hydrogens (tertiary/aromatic N) is 2. The number of unbranched alkanes of at least 4 members (excludes halogenated alkanes) is 3. The average molecular weight is 656 g/mol. The molecule has 0 radical (unpaired) electrons. The maximum absolute atomic E-state index is 13.1. The second kappa shape index (κ2) is 13.5. The van der Waals surface area contributed by atoms with Crippen molar-refractivity contribution in [2.24, 2.45) is 5.92 Å². The summed E-state index contributed by atoms with van der Waals surface area (Å²) < 4.78 is 4.95. The molecule has 1 aliphatic carbocycles. The van der Waals surface area contributed by atoms with Crippen molar-refractivity contribution in [3.05, 3.63) is 61.1 Å². The van der Waals surface area contributed by atoms with Crippen molar-refractivity contribution in [1.29, 1.82) is 0 Å². The molecule has 1 saturated carbocycles. The summed E-state index contributed by atoms with van der Waals surface area (Å²) in [5, 5.41) is 8.81. The van der Waals surface area contributed by atoms with E-state index in [9.17, 15) is 4.79 Å². The van der Waals surface area contributed by atoms with E-state index < -0.39 is 0 Å². The molecular formula is C28H32BrCl2N3OSe. The topological polar surface area (TPSA) is 46.9 Å². The van der Waals surface area contributed by atoms with Gasteiger partial charge in [0, 0.05) is 0 Å². The van der Waals surface area contributed by atoms with E-state index in [1.54, 1.807) is 16.8 Å². The van der Waals surface area contributed by atoms with Crippen LogP contribution >= 0.6 is 39.1 Å². The zero-order valence-electron chi connectivity index (χ0n) is 20.5. The second-order valence-corrected chi connectivity index (χ2v) is 13.3. The molecule has 0 unspecified atom stereocenters. The van der Waals surface area contributed by atoms with Crippen LogP contribution in [-0.4, -0.2) is 36.7 Å². The van der Waals surface area contributed by atoms with Crippen LogP contribution in [-0.2, 0) is 0 Å². The average Bonchev–Trinajstić information content (AvgIpc) is 3.47. The third-order valence-corrected chi connectivity index (χ3v) is 10.0. The van der Waals surface area contributed by atoms with Crippen molar-refractivity contribution in [2.75, 3.05) is 6.54 Å². The van der Waals surface area contributed by atoms with E-state index in [4.69, 9.17) is 28.3 Å². The first-order valence-corrected chi connectivity index (χ1v) is 16.0. The number of amides is 1.